The molecule has 0 saturated heterocycles. The minimum atomic E-state index is -5.84. The van der Waals surface area contributed by atoms with Gasteiger partial charge in [-0.15, -0.1) is 0 Å². The molecule has 3 rings (SSSR count). The van der Waals surface area contributed by atoms with Gasteiger partial charge in [-0.3, -0.25) is 9.78 Å². The van der Waals surface area contributed by atoms with Crippen LogP contribution in [0.25, 0.3) is 11.2 Å². The molecule has 0 spiro atoms. The fraction of sp³-hybridized carbons (Fsp3) is 0.682. The molecule has 1 saturated carbocycles. The number of nitrogens with zero attached hydrogens (tertiary/aromatic N) is 3. The molecule has 0 aromatic carbocycles. The van der Waals surface area contributed by atoms with E-state index in [1.807, 2.05) is 0 Å². The lowest BCUT2D eigenvalue weighted by molar-refractivity contribution is -0.339. The minimum Gasteiger partial charge on any atom is -0.809 e. The van der Waals surface area contributed by atoms with Gasteiger partial charge in [0.2, 0.25) is 5.95 Å². The van der Waals surface area contributed by atoms with Crippen LogP contribution in [0, 0.1) is 0 Å². The Bertz CT molecular complexity index is 1300. The lowest BCUT2D eigenvalue weighted by Crippen LogP contribution is -2.53. The van der Waals surface area contributed by atoms with Crippen molar-refractivity contribution in [1.82, 2.24) is 19.5 Å². The number of ether oxygens (including phenoxy) is 5. The van der Waals surface area contributed by atoms with Crippen LogP contribution in [0.15, 0.2) is 11.1 Å². The number of carbonyl (C=O) groups is 2. The van der Waals surface area contributed by atoms with E-state index in [4.69, 9.17) is 29.4 Å². The normalized spacial score (nSPS) is 15.6. The molecule has 0 unspecified atom stereocenters. The van der Waals surface area contributed by atoms with Crippen LogP contribution in [0.4, 0.5) is 15.5 Å². The highest BCUT2D eigenvalue weighted by Crippen LogP contribution is 2.53. The van der Waals surface area contributed by atoms with Crippen LogP contribution >= 0.6 is 7.60 Å². The highest BCUT2D eigenvalue weighted by molar-refractivity contribution is 7.50. The van der Waals surface area contributed by atoms with E-state index >= 15 is 0 Å². The third-order valence-electron chi connectivity index (χ3n) is 5.28. The third kappa shape index (κ3) is 7.91. The molecule has 2 aromatic rings. The van der Waals surface area contributed by atoms with Crippen LogP contribution < -0.4 is 21.1 Å². The molecule has 39 heavy (non-hydrogen) atoms. The van der Waals surface area contributed by atoms with Gasteiger partial charge in [0.1, 0.15) is 24.4 Å². The average Bonchev–Trinajstić information content (AvgIpc) is 3.37. The van der Waals surface area contributed by atoms with E-state index in [1.165, 1.54) is 10.9 Å². The number of carbonyl (C=O) groups excluding carboxylic acids is 2. The van der Waals surface area contributed by atoms with Crippen LogP contribution in [0.5, 0.6) is 0 Å². The summed E-state index contributed by atoms with van der Waals surface area (Å²) in [6.45, 7) is 6.91. The van der Waals surface area contributed by atoms with Crippen molar-refractivity contribution < 1.29 is 47.6 Å². The van der Waals surface area contributed by atoms with Gasteiger partial charge in [-0.2, -0.15) is 4.98 Å². The van der Waals surface area contributed by atoms with Gasteiger partial charge in [0.25, 0.3) is 5.56 Å². The Balaban J connectivity index is 1.92. The minimum absolute atomic E-state index is 0.0221. The van der Waals surface area contributed by atoms with Crippen LogP contribution in [0.2, 0.25) is 0 Å². The molecule has 0 aliphatic heterocycles. The van der Waals surface area contributed by atoms with E-state index in [-0.39, 0.29) is 36.5 Å². The first kappa shape index (κ1) is 30.3. The van der Waals surface area contributed by atoms with Gasteiger partial charge in [0.05, 0.1) is 18.5 Å². The second-order valence-electron chi connectivity index (χ2n) is 11.2. The molecule has 2 heterocycles. The van der Waals surface area contributed by atoms with Crippen LogP contribution in [-0.4, -0.2) is 67.2 Å². The molecule has 218 valence electrons. The monoisotopic (exact) mass is 573 g/mol. The maximum atomic E-state index is 12.6. The highest BCUT2D eigenvalue weighted by Gasteiger charge is 2.54. The van der Waals surface area contributed by atoms with E-state index in [1.54, 1.807) is 41.5 Å². The summed E-state index contributed by atoms with van der Waals surface area (Å²) in [5.41, 5.74) is 1.83. The van der Waals surface area contributed by atoms with Crippen molar-refractivity contribution in [2.24, 2.45) is 0 Å². The van der Waals surface area contributed by atoms with Crippen molar-refractivity contribution in [1.29, 1.82) is 0 Å². The van der Waals surface area contributed by atoms with E-state index in [9.17, 15) is 28.7 Å². The molecule has 2 aromatic heterocycles. The number of rotatable bonds is 9. The summed E-state index contributed by atoms with van der Waals surface area (Å²) < 4.78 is 40.0. The SMILES string of the molecule is CC(C)(C)OC(=O)OCC(COC(=O)OC(C)(C)C)(OC1(Cn2cnc3c(=O)[nH]c(N)nc32)CC1)P(=O)([O-])[O-]. The molecular formula is C22H32N5O11P-2. The molecule has 3 N–H and O–H groups in total. The van der Waals surface area contributed by atoms with Crippen molar-refractivity contribution in [3.63, 3.8) is 0 Å². The molecule has 1 fully saturated rings. The summed E-state index contributed by atoms with van der Waals surface area (Å²) in [7, 11) is -5.84. The van der Waals surface area contributed by atoms with Crippen LogP contribution in [0.1, 0.15) is 54.4 Å². The summed E-state index contributed by atoms with van der Waals surface area (Å²) in [4.78, 5) is 72.2. The van der Waals surface area contributed by atoms with E-state index in [2.05, 4.69) is 15.0 Å². The average molecular weight is 573 g/mol. The van der Waals surface area contributed by atoms with Gasteiger partial charge < -0.3 is 48.3 Å². The Morgan fingerprint density at radius 1 is 1.08 bits per heavy atom. The molecule has 0 radical (unpaired) electrons. The largest absolute Gasteiger partial charge is 0.809 e. The predicted molar refractivity (Wildman–Crippen MR) is 130 cm³/mol. The Labute approximate surface area is 223 Å². The van der Waals surface area contributed by atoms with Crippen molar-refractivity contribution >= 4 is 37.0 Å². The molecule has 1 aliphatic rings. The van der Waals surface area contributed by atoms with Crippen LogP contribution in [0.3, 0.4) is 0 Å². The first-order chi connectivity index (χ1) is 17.7. The number of hydrogen-bond acceptors (Lipinski definition) is 14. The standard InChI is InChI=1S/C22H34N5O11P/c1-19(2,3)36-17(29)34-10-22(39(31,32)33,11-35-18(30)37-20(4,5)6)38-21(7-8-21)9-27-12-24-13-14(27)25-16(23)26-15(13)28/h12H,7-11H2,1-6H3,(H2,31,32,33)(H3,23,25,26,28)/p-2. The zero-order chi connectivity index (χ0) is 29.4. The third-order valence-corrected chi connectivity index (χ3v) is 6.62. The maximum absolute atomic E-state index is 12.6. The molecule has 0 bridgehead atoms. The smallest absolute Gasteiger partial charge is 0.508 e. The van der Waals surface area contributed by atoms with Crippen molar-refractivity contribution in [2.45, 2.75) is 83.1 Å². The summed E-state index contributed by atoms with van der Waals surface area (Å²) in [6.07, 6.45) is -0.756. The van der Waals surface area contributed by atoms with Gasteiger partial charge in [-0.05, 0) is 62.0 Å². The van der Waals surface area contributed by atoms with Gasteiger partial charge >= 0.3 is 12.3 Å². The number of imidazole rings is 1. The molecule has 0 amide bonds. The lowest BCUT2D eigenvalue weighted by Gasteiger charge is -2.49. The Hall–Kier alpha value is -3.20. The number of hydrogen-bond donors (Lipinski definition) is 2. The highest BCUT2D eigenvalue weighted by atomic mass is 31.2. The molecular weight excluding hydrogens is 541 g/mol. The van der Waals surface area contributed by atoms with Crippen molar-refractivity contribution in [2.75, 3.05) is 18.9 Å². The Morgan fingerprint density at radius 3 is 2.03 bits per heavy atom. The first-order valence-corrected chi connectivity index (χ1v) is 13.4. The number of anilines is 1. The predicted octanol–water partition coefficient (Wildman–Crippen LogP) is 0.764. The van der Waals surface area contributed by atoms with E-state index in [0.29, 0.717) is 0 Å². The molecule has 0 atom stereocenters. The van der Waals surface area contributed by atoms with Crippen molar-refractivity contribution in [3.05, 3.63) is 16.7 Å². The van der Waals surface area contributed by atoms with Gasteiger partial charge in [0, 0.05) is 0 Å². The molecule has 16 nitrogen and oxygen atoms in total. The number of nitrogens with one attached hydrogen (secondary N) is 1. The number of H-pyrrole nitrogens is 1. The maximum Gasteiger partial charge on any atom is 0.508 e. The zero-order valence-corrected chi connectivity index (χ0v) is 23.4. The molecule has 17 heteroatoms. The van der Waals surface area contributed by atoms with Gasteiger partial charge in [0.15, 0.2) is 16.5 Å². The second-order valence-corrected chi connectivity index (χ2v) is 13.0. The number of fused-ring (bicyclic) bond motifs is 1. The Morgan fingerprint density at radius 2 is 1.59 bits per heavy atom. The quantitative estimate of drug-likeness (QED) is 0.311. The summed E-state index contributed by atoms with van der Waals surface area (Å²) in [5, 5.41) is -2.85. The lowest BCUT2D eigenvalue weighted by atomic mass is 10.2. The van der Waals surface area contributed by atoms with Crippen molar-refractivity contribution in [3.8, 4) is 0 Å². The molecule has 1 aliphatic carbocycles. The van der Waals surface area contributed by atoms with E-state index in [0.717, 1.165) is 0 Å². The number of nitrogen functional groups attached to an aromatic ring is 1. The van der Waals surface area contributed by atoms with Gasteiger partial charge in [-0.25, -0.2) is 14.6 Å². The second kappa shape index (κ2) is 10.4. The summed E-state index contributed by atoms with van der Waals surface area (Å²) >= 11 is 0. The number of nitrogens with two attached hydrogens (primary N) is 1. The van der Waals surface area contributed by atoms with Crippen LogP contribution in [-0.2, 0) is 34.8 Å². The first-order valence-electron chi connectivity index (χ1n) is 11.9. The zero-order valence-electron chi connectivity index (χ0n) is 22.5. The Kier molecular flexibility index (Phi) is 8.10. The topological polar surface area (TPSA) is 233 Å². The summed E-state index contributed by atoms with van der Waals surface area (Å²) in [6, 6.07) is 0. The number of aromatic amines is 1. The summed E-state index contributed by atoms with van der Waals surface area (Å²) in [5.74, 6) is -0.172. The van der Waals surface area contributed by atoms with Gasteiger partial charge in [-0.1, -0.05) is 0 Å². The van der Waals surface area contributed by atoms with E-state index < -0.39 is 60.8 Å². The fourth-order valence-electron chi connectivity index (χ4n) is 3.45. The number of aromatic nitrogens is 4. The fourth-order valence-corrected chi connectivity index (χ4v) is 4.20.